The zero-order chi connectivity index (χ0) is 15.7. The number of benzene rings is 1. The third kappa shape index (κ3) is 1.87. The first kappa shape index (κ1) is 15.1. The molecule has 1 saturated heterocycles. The van der Waals surface area contributed by atoms with Crippen molar-refractivity contribution in [2.45, 2.75) is 64.4 Å². The molecule has 21 heavy (non-hydrogen) atoms. The number of nitrogens with zero attached hydrogens (tertiary/aromatic N) is 1. The van der Waals surface area contributed by atoms with Crippen molar-refractivity contribution in [2.24, 2.45) is 15.8 Å². The molecule has 1 nitrogen and oxygen atoms in total. The van der Waals surface area contributed by atoms with Gasteiger partial charge in [-0.2, -0.15) is 0 Å². The van der Waals surface area contributed by atoms with Crippen LogP contribution in [0.25, 0.3) is 0 Å². The largest absolute Gasteiger partial charge is 0.257 e. The molecule has 1 spiro atoms. The lowest BCUT2D eigenvalue weighted by Gasteiger charge is -2.68. The average molecular weight is 301 g/mol. The van der Waals surface area contributed by atoms with E-state index in [0.29, 0.717) is 4.75 Å². The van der Waals surface area contributed by atoms with Crippen LogP contribution < -0.4 is 0 Å². The van der Waals surface area contributed by atoms with E-state index in [1.807, 2.05) is 0 Å². The molecule has 2 heteroatoms. The number of hydrogen-bond donors (Lipinski definition) is 0. The fourth-order valence-electron chi connectivity index (χ4n) is 3.64. The highest BCUT2D eigenvalue weighted by Gasteiger charge is 2.67. The van der Waals surface area contributed by atoms with E-state index in [1.54, 1.807) is 0 Å². The van der Waals surface area contributed by atoms with Gasteiger partial charge in [-0.05, 0) is 17.0 Å². The summed E-state index contributed by atoms with van der Waals surface area (Å²) < 4.78 is 0.484. The Balaban J connectivity index is 2.19. The van der Waals surface area contributed by atoms with Gasteiger partial charge in [-0.25, -0.2) is 0 Å². The molecule has 3 rings (SSSR count). The summed E-state index contributed by atoms with van der Waals surface area (Å²) in [5, 5.41) is 0. The fraction of sp³-hybridized carbons (Fsp3) is 0.632. The van der Waals surface area contributed by atoms with Crippen LogP contribution in [0, 0.1) is 10.8 Å². The summed E-state index contributed by atoms with van der Waals surface area (Å²) in [5.41, 5.74) is 4.36. The van der Waals surface area contributed by atoms with Gasteiger partial charge in [0, 0.05) is 22.3 Å². The molecule has 2 aliphatic rings. The standard InChI is InChI=1S/C19H27NS/c1-16(2,3)15-12-19(17(4,5)18(6,7)21-19)13-10-8-9-11-14(13)20-15/h8-11H,12H2,1-7H3. The van der Waals surface area contributed by atoms with Gasteiger partial charge in [0.15, 0.2) is 0 Å². The molecule has 1 fully saturated rings. The number of para-hydroxylation sites is 1. The molecule has 1 unspecified atom stereocenters. The molecule has 1 aromatic carbocycles. The second-order valence-electron chi connectivity index (χ2n) is 8.57. The van der Waals surface area contributed by atoms with Gasteiger partial charge in [0.05, 0.1) is 10.4 Å². The van der Waals surface area contributed by atoms with E-state index >= 15 is 0 Å². The summed E-state index contributed by atoms with van der Waals surface area (Å²) in [7, 11) is 0. The van der Waals surface area contributed by atoms with Crippen LogP contribution in [0.4, 0.5) is 5.69 Å². The van der Waals surface area contributed by atoms with Crippen molar-refractivity contribution in [3.05, 3.63) is 29.8 Å². The molecule has 0 aromatic heterocycles. The lowest BCUT2D eigenvalue weighted by molar-refractivity contribution is 0.150. The lowest BCUT2D eigenvalue weighted by Crippen LogP contribution is -2.63. The van der Waals surface area contributed by atoms with E-state index in [9.17, 15) is 0 Å². The normalized spacial score (nSPS) is 29.6. The summed E-state index contributed by atoms with van der Waals surface area (Å²) in [5.74, 6) is 0. The Labute approximate surface area is 133 Å². The van der Waals surface area contributed by atoms with Crippen LogP contribution in [0.1, 0.15) is 60.5 Å². The number of fused-ring (bicyclic) bond motifs is 2. The molecule has 1 aromatic rings. The van der Waals surface area contributed by atoms with Gasteiger partial charge >= 0.3 is 0 Å². The molecule has 0 amide bonds. The Morgan fingerprint density at radius 3 is 2.19 bits per heavy atom. The lowest BCUT2D eigenvalue weighted by atomic mass is 9.61. The highest BCUT2D eigenvalue weighted by atomic mass is 32.2. The van der Waals surface area contributed by atoms with Crippen LogP contribution in [0.15, 0.2) is 29.3 Å². The number of rotatable bonds is 0. The van der Waals surface area contributed by atoms with E-state index in [1.165, 1.54) is 17.0 Å². The molecule has 1 atom stereocenters. The van der Waals surface area contributed by atoms with E-state index in [4.69, 9.17) is 4.99 Å². The van der Waals surface area contributed by atoms with Crippen molar-refractivity contribution in [3.8, 4) is 0 Å². The molecule has 0 radical (unpaired) electrons. The van der Waals surface area contributed by atoms with Gasteiger partial charge < -0.3 is 0 Å². The predicted molar refractivity (Wildman–Crippen MR) is 94.7 cm³/mol. The zero-order valence-electron chi connectivity index (χ0n) is 14.4. The third-order valence-corrected chi connectivity index (χ3v) is 8.06. The van der Waals surface area contributed by atoms with Crippen LogP contribution in [0.5, 0.6) is 0 Å². The second kappa shape index (κ2) is 4.16. The van der Waals surface area contributed by atoms with Crippen molar-refractivity contribution in [2.75, 3.05) is 0 Å². The Kier molecular flexibility index (Phi) is 3.00. The monoisotopic (exact) mass is 301 g/mol. The number of hydrogen-bond acceptors (Lipinski definition) is 2. The first-order valence-electron chi connectivity index (χ1n) is 7.89. The maximum absolute atomic E-state index is 5.01. The Hall–Kier alpha value is -0.760. The van der Waals surface area contributed by atoms with Gasteiger partial charge in [-0.3, -0.25) is 4.99 Å². The van der Waals surface area contributed by atoms with Crippen LogP contribution in [-0.2, 0) is 4.75 Å². The minimum Gasteiger partial charge on any atom is -0.257 e. The SMILES string of the molecule is CC(C)(C)C1=Nc2ccccc2C2(C1)SC(C)(C)C2(C)C. The molecule has 0 bridgehead atoms. The molecule has 0 saturated carbocycles. The van der Waals surface area contributed by atoms with Crippen molar-refractivity contribution < 1.29 is 0 Å². The van der Waals surface area contributed by atoms with Gasteiger partial charge in [-0.15, -0.1) is 11.8 Å². The average Bonchev–Trinajstić information content (AvgIpc) is 2.36. The smallest absolute Gasteiger partial charge is 0.0675 e. The van der Waals surface area contributed by atoms with Gasteiger partial charge in [-0.1, -0.05) is 66.7 Å². The quantitative estimate of drug-likeness (QED) is 0.576. The third-order valence-electron chi connectivity index (χ3n) is 5.82. The molecule has 114 valence electrons. The minimum absolute atomic E-state index is 0.136. The van der Waals surface area contributed by atoms with E-state index in [0.717, 1.165) is 6.42 Å². The van der Waals surface area contributed by atoms with Crippen molar-refractivity contribution in [1.29, 1.82) is 0 Å². The Bertz CT molecular complexity index is 619. The van der Waals surface area contributed by atoms with E-state index in [2.05, 4.69) is 84.5 Å². The van der Waals surface area contributed by atoms with Crippen LogP contribution in [0.2, 0.25) is 0 Å². The van der Waals surface area contributed by atoms with Crippen LogP contribution >= 0.6 is 11.8 Å². The Morgan fingerprint density at radius 1 is 1.05 bits per heavy atom. The summed E-state index contributed by atoms with van der Waals surface area (Å²) in [4.78, 5) is 5.01. The van der Waals surface area contributed by atoms with Crippen molar-refractivity contribution in [1.82, 2.24) is 0 Å². The van der Waals surface area contributed by atoms with Gasteiger partial charge in [0.2, 0.25) is 0 Å². The molecular weight excluding hydrogens is 274 g/mol. The topological polar surface area (TPSA) is 12.4 Å². The van der Waals surface area contributed by atoms with Crippen LogP contribution in [0.3, 0.4) is 0 Å². The highest BCUT2D eigenvalue weighted by Crippen LogP contribution is 2.75. The second-order valence-corrected chi connectivity index (χ2v) is 10.5. The number of thioether (sulfide) groups is 1. The summed E-state index contributed by atoms with van der Waals surface area (Å²) in [6.45, 7) is 16.5. The van der Waals surface area contributed by atoms with E-state index < -0.39 is 0 Å². The Morgan fingerprint density at radius 2 is 1.67 bits per heavy atom. The fourth-order valence-corrected chi connectivity index (χ4v) is 5.79. The predicted octanol–water partition coefficient (Wildman–Crippen LogP) is 5.96. The molecule has 0 N–H and O–H groups in total. The minimum atomic E-state index is 0.136. The van der Waals surface area contributed by atoms with Crippen LogP contribution in [-0.4, -0.2) is 10.5 Å². The zero-order valence-corrected chi connectivity index (χ0v) is 15.2. The first-order valence-corrected chi connectivity index (χ1v) is 8.71. The maximum Gasteiger partial charge on any atom is 0.0675 e. The van der Waals surface area contributed by atoms with Gasteiger partial charge in [0.1, 0.15) is 0 Å². The molecular formula is C19H27NS. The maximum atomic E-state index is 5.01. The molecule has 0 aliphatic carbocycles. The first-order chi connectivity index (χ1) is 9.51. The van der Waals surface area contributed by atoms with Gasteiger partial charge in [0.25, 0.3) is 0 Å². The summed E-state index contributed by atoms with van der Waals surface area (Å²) >= 11 is 2.14. The summed E-state index contributed by atoms with van der Waals surface area (Å²) in [6.07, 6.45) is 1.08. The number of aliphatic imine (C=N–C) groups is 1. The summed E-state index contributed by atoms with van der Waals surface area (Å²) in [6, 6.07) is 8.76. The highest BCUT2D eigenvalue weighted by molar-refractivity contribution is 8.03. The van der Waals surface area contributed by atoms with Crippen molar-refractivity contribution in [3.63, 3.8) is 0 Å². The van der Waals surface area contributed by atoms with E-state index in [-0.39, 0.29) is 15.6 Å². The molecule has 2 heterocycles. The molecule has 2 aliphatic heterocycles. The van der Waals surface area contributed by atoms with Crippen molar-refractivity contribution >= 4 is 23.2 Å².